The number of amides is 1. The molecular weight excluding hydrogens is 418 g/mol. The van der Waals surface area contributed by atoms with Crippen molar-refractivity contribution in [1.29, 1.82) is 0 Å². The van der Waals surface area contributed by atoms with Crippen LogP contribution in [0.3, 0.4) is 0 Å². The first-order valence-electron chi connectivity index (χ1n) is 9.09. The molecule has 1 N–H and O–H groups in total. The average Bonchev–Trinajstić information content (AvgIpc) is 2.55. The summed E-state index contributed by atoms with van der Waals surface area (Å²) >= 11 is 3.55. The molecule has 7 heteroatoms. The molecule has 1 unspecified atom stereocenters. The topological polar surface area (TPSA) is 44.8 Å². The molecule has 3 saturated heterocycles. The molecular formula is C19H27BrClN3O2. The van der Waals surface area contributed by atoms with Crippen molar-refractivity contribution < 1.29 is 9.53 Å². The number of hydrogen-bond donors (Lipinski definition) is 1. The summed E-state index contributed by atoms with van der Waals surface area (Å²) in [5, 5.41) is 3.29. The minimum atomic E-state index is -0.319. The Morgan fingerprint density at radius 1 is 1.31 bits per heavy atom. The van der Waals surface area contributed by atoms with Crippen molar-refractivity contribution in [1.82, 2.24) is 10.2 Å². The first kappa shape index (κ1) is 19.8. The van der Waals surface area contributed by atoms with Gasteiger partial charge in [0.25, 0.3) is 5.91 Å². The highest BCUT2D eigenvalue weighted by Crippen LogP contribution is 2.41. The molecule has 1 aromatic rings. The van der Waals surface area contributed by atoms with Crippen molar-refractivity contribution in [2.24, 2.45) is 5.92 Å². The zero-order valence-electron chi connectivity index (χ0n) is 15.5. The number of piperidine rings is 3. The van der Waals surface area contributed by atoms with Crippen LogP contribution < -0.4 is 15.0 Å². The molecule has 0 saturated carbocycles. The molecule has 0 spiro atoms. The largest absolute Gasteiger partial charge is 0.483 e. The van der Waals surface area contributed by atoms with E-state index in [4.69, 9.17) is 4.74 Å². The number of fused-ring (bicyclic) bond motifs is 4. The fourth-order valence-corrected chi connectivity index (χ4v) is 4.92. The number of likely N-dealkylation sites (N-methyl/N-ethyl adjacent to an activating group) is 1. The monoisotopic (exact) mass is 443 g/mol. The molecule has 3 fully saturated rings. The van der Waals surface area contributed by atoms with E-state index in [-0.39, 0.29) is 30.0 Å². The zero-order valence-corrected chi connectivity index (χ0v) is 18.0. The Morgan fingerprint density at radius 2 is 2.00 bits per heavy atom. The van der Waals surface area contributed by atoms with Gasteiger partial charge in [-0.25, -0.2) is 0 Å². The lowest BCUT2D eigenvalue weighted by atomic mass is 9.84. The van der Waals surface area contributed by atoms with Crippen molar-refractivity contribution in [3.05, 3.63) is 22.2 Å². The van der Waals surface area contributed by atoms with E-state index in [1.54, 1.807) is 0 Å². The van der Waals surface area contributed by atoms with Crippen LogP contribution in [-0.4, -0.2) is 55.7 Å². The Kier molecular flexibility index (Phi) is 5.48. The number of nitrogens with one attached hydrogen (secondary N) is 1. The number of ether oxygens (including phenoxy) is 1. The Labute approximate surface area is 170 Å². The predicted molar refractivity (Wildman–Crippen MR) is 110 cm³/mol. The van der Waals surface area contributed by atoms with Crippen LogP contribution in [0.1, 0.15) is 37.0 Å². The van der Waals surface area contributed by atoms with E-state index in [0.717, 1.165) is 23.2 Å². The standard InChI is InChI=1S/C19H26BrN3O2.ClH/c1-19(2)11-22(3)16-9-13(20)8-14(17(16)25-19)18(24)21-15-10-23-6-4-12(15)5-7-23;/h8-9,12,15H,4-7,10-11H2,1-3H3,(H,21,24);1H. The summed E-state index contributed by atoms with van der Waals surface area (Å²) in [6, 6.07) is 4.15. The number of carbonyl (C=O) groups is 1. The Bertz CT molecular complexity index is 704. The average molecular weight is 445 g/mol. The fraction of sp³-hybridized carbons (Fsp3) is 0.632. The lowest BCUT2D eigenvalue weighted by Crippen LogP contribution is -2.57. The van der Waals surface area contributed by atoms with Crippen LogP contribution in [0.5, 0.6) is 5.75 Å². The number of hydrogen-bond acceptors (Lipinski definition) is 4. The SMILES string of the molecule is CN1CC(C)(C)Oc2c(C(=O)NC3CN4CCC3CC4)cc(Br)cc21.Cl. The van der Waals surface area contributed by atoms with Crippen LogP contribution in [0, 0.1) is 5.92 Å². The number of carbonyl (C=O) groups excluding carboxylic acids is 1. The molecule has 0 radical (unpaired) electrons. The summed E-state index contributed by atoms with van der Waals surface area (Å²) < 4.78 is 7.12. The summed E-state index contributed by atoms with van der Waals surface area (Å²) in [5.74, 6) is 1.28. The third-order valence-corrected chi connectivity index (χ3v) is 6.12. The van der Waals surface area contributed by atoms with Crippen LogP contribution in [0.2, 0.25) is 0 Å². The summed E-state index contributed by atoms with van der Waals surface area (Å²) in [5.41, 5.74) is 1.27. The van der Waals surface area contributed by atoms with Gasteiger partial charge in [-0.05, 0) is 57.8 Å². The molecule has 4 aliphatic rings. The number of rotatable bonds is 2. The molecule has 144 valence electrons. The van der Waals surface area contributed by atoms with Crippen molar-refractivity contribution in [3.8, 4) is 5.75 Å². The highest BCUT2D eigenvalue weighted by atomic mass is 79.9. The second kappa shape index (κ2) is 7.21. The summed E-state index contributed by atoms with van der Waals surface area (Å²) in [6.07, 6.45) is 2.38. The maximum absolute atomic E-state index is 13.1. The van der Waals surface area contributed by atoms with E-state index < -0.39 is 0 Å². The quantitative estimate of drug-likeness (QED) is 0.760. The van der Waals surface area contributed by atoms with Crippen LogP contribution in [0.15, 0.2) is 16.6 Å². The van der Waals surface area contributed by atoms with Crippen LogP contribution in [-0.2, 0) is 0 Å². The Hall–Kier alpha value is -0.980. The first-order valence-corrected chi connectivity index (χ1v) is 9.89. The number of anilines is 1. The van der Waals surface area contributed by atoms with E-state index in [1.165, 1.54) is 25.9 Å². The zero-order chi connectivity index (χ0) is 17.8. The third kappa shape index (κ3) is 3.69. The molecule has 0 aliphatic carbocycles. The third-order valence-electron chi connectivity index (χ3n) is 5.66. The van der Waals surface area contributed by atoms with Gasteiger partial charge in [0, 0.05) is 24.1 Å². The lowest BCUT2D eigenvalue weighted by Gasteiger charge is -2.45. The molecule has 5 nitrogen and oxygen atoms in total. The lowest BCUT2D eigenvalue weighted by molar-refractivity contribution is 0.0611. The maximum Gasteiger partial charge on any atom is 0.255 e. The molecule has 1 amide bonds. The summed E-state index contributed by atoms with van der Waals surface area (Å²) in [4.78, 5) is 17.7. The minimum absolute atomic E-state index is 0. The van der Waals surface area contributed by atoms with E-state index in [2.05, 4.69) is 44.9 Å². The fourth-order valence-electron chi connectivity index (χ4n) is 4.48. The molecule has 4 heterocycles. The van der Waals surface area contributed by atoms with Gasteiger partial charge in [-0.3, -0.25) is 4.79 Å². The van der Waals surface area contributed by atoms with Gasteiger partial charge in [0.2, 0.25) is 0 Å². The van der Waals surface area contributed by atoms with Gasteiger partial charge in [-0.15, -0.1) is 12.4 Å². The van der Waals surface area contributed by atoms with Gasteiger partial charge in [-0.2, -0.15) is 0 Å². The van der Waals surface area contributed by atoms with E-state index in [9.17, 15) is 4.79 Å². The van der Waals surface area contributed by atoms with Crippen LogP contribution in [0.25, 0.3) is 0 Å². The van der Waals surface area contributed by atoms with Gasteiger partial charge in [-0.1, -0.05) is 15.9 Å². The highest BCUT2D eigenvalue weighted by Gasteiger charge is 2.37. The molecule has 2 bridgehead atoms. The van der Waals surface area contributed by atoms with Crippen LogP contribution >= 0.6 is 28.3 Å². The van der Waals surface area contributed by atoms with Crippen molar-refractivity contribution in [2.45, 2.75) is 38.3 Å². The number of nitrogens with zero attached hydrogens (tertiary/aromatic N) is 2. The van der Waals surface area contributed by atoms with E-state index >= 15 is 0 Å². The van der Waals surface area contributed by atoms with Gasteiger partial charge >= 0.3 is 0 Å². The maximum atomic E-state index is 13.1. The molecule has 0 aromatic heterocycles. The molecule has 4 aliphatic heterocycles. The summed E-state index contributed by atoms with van der Waals surface area (Å²) in [7, 11) is 2.05. The van der Waals surface area contributed by atoms with Crippen molar-refractivity contribution >= 4 is 39.9 Å². The van der Waals surface area contributed by atoms with Gasteiger partial charge in [0.15, 0.2) is 5.75 Å². The van der Waals surface area contributed by atoms with Crippen LogP contribution in [0.4, 0.5) is 5.69 Å². The highest BCUT2D eigenvalue weighted by molar-refractivity contribution is 9.10. The second-order valence-electron chi connectivity index (χ2n) is 8.24. The normalized spacial score (nSPS) is 28.6. The van der Waals surface area contributed by atoms with Gasteiger partial charge < -0.3 is 19.9 Å². The molecule has 1 aromatic carbocycles. The second-order valence-corrected chi connectivity index (χ2v) is 9.15. The van der Waals surface area contributed by atoms with Gasteiger partial charge in [0.1, 0.15) is 5.60 Å². The van der Waals surface area contributed by atoms with Crippen molar-refractivity contribution in [3.63, 3.8) is 0 Å². The Balaban J connectivity index is 0.00000196. The van der Waals surface area contributed by atoms with E-state index in [1.807, 2.05) is 19.2 Å². The summed E-state index contributed by atoms with van der Waals surface area (Å²) in [6.45, 7) is 8.22. The van der Waals surface area contributed by atoms with E-state index in [0.29, 0.717) is 17.2 Å². The molecule has 5 rings (SSSR count). The molecule has 1 atom stereocenters. The predicted octanol–water partition coefficient (Wildman–Crippen LogP) is 3.30. The smallest absolute Gasteiger partial charge is 0.255 e. The first-order chi connectivity index (χ1) is 11.8. The van der Waals surface area contributed by atoms with Crippen molar-refractivity contribution in [2.75, 3.05) is 38.1 Å². The Morgan fingerprint density at radius 3 is 2.62 bits per heavy atom. The number of halogens is 2. The molecule has 26 heavy (non-hydrogen) atoms. The number of benzene rings is 1. The minimum Gasteiger partial charge on any atom is -0.483 e. The van der Waals surface area contributed by atoms with Gasteiger partial charge in [0.05, 0.1) is 17.8 Å².